The zero-order chi connectivity index (χ0) is 19.8. The number of aliphatic hydroxyl groups excluding tert-OH is 1. The topological polar surface area (TPSA) is 73.6 Å². The number of esters is 1. The smallest absolute Gasteiger partial charge is 0.337 e. The van der Waals surface area contributed by atoms with Crippen molar-refractivity contribution in [1.82, 2.24) is 9.55 Å². The molecule has 0 saturated heterocycles. The van der Waals surface area contributed by atoms with Crippen LogP contribution in [0.3, 0.4) is 0 Å². The van der Waals surface area contributed by atoms with E-state index in [4.69, 9.17) is 9.47 Å². The highest BCUT2D eigenvalue weighted by Gasteiger charge is 2.38. The van der Waals surface area contributed by atoms with Gasteiger partial charge < -0.3 is 19.1 Å². The maximum absolute atomic E-state index is 12.3. The second-order valence-electron chi connectivity index (χ2n) is 7.29. The van der Waals surface area contributed by atoms with Crippen LogP contribution in [0.25, 0.3) is 21.8 Å². The maximum atomic E-state index is 12.3. The standard InChI is InChI=1S/C22H24N2O4/c1-13-17(11-25)16(18(12-28-13)22(26)27-3)10-19-21-15(8-9-23-19)14-6-4-5-7-20(14)24(21)2/h4-9,12-13,16-17,25H,10-11H2,1-3H3. The molecule has 0 bridgehead atoms. The minimum atomic E-state index is -0.431. The SMILES string of the molecule is COC(=O)C1=COC(C)C(CO)C1Cc1nccc2c3ccccc3n(C)c12. The number of pyridine rings is 1. The summed E-state index contributed by atoms with van der Waals surface area (Å²) in [6.07, 6.45) is 3.61. The Kier molecular flexibility index (Phi) is 4.81. The molecule has 0 amide bonds. The molecule has 0 radical (unpaired) electrons. The van der Waals surface area contributed by atoms with Gasteiger partial charge in [-0.1, -0.05) is 18.2 Å². The lowest BCUT2D eigenvalue weighted by molar-refractivity contribution is -0.138. The molecule has 1 N–H and O–H groups in total. The molecule has 1 aliphatic heterocycles. The minimum absolute atomic E-state index is 0.0781. The van der Waals surface area contributed by atoms with Gasteiger partial charge in [0.1, 0.15) is 6.10 Å². The van der Waals surface area contributed by atoms with Crippen LogP contribution in [0.15, 0.2) is 48.4 Å². The molecule has 6 heteroatoms. The van der Waals surface area contributed by atoms with Crippen molar-refractivity contribution in [2.24, 2.45) is 18.9 Å². The molecule has 3 atom stereocenters. The summed E-state index contributed by atoms with van der Waals surface area (Å²) >= 11 is 0. The third-order valence-electron chi connectivity index (χ3n) is 5.87. The highest BCUT2D eigenvalue weighted by molar-refractivity contribution is 6.08. The van der Waals surface area contributed by atoms with E-state index in [0.717, 1.165) is 22.1 Å². The summed E-state index contributed by atoms with van der Waals surface area (Å²) in [6, 6.07) is 10.3. The molecule has 1 aliphatic rings. The molecule has 0 aliphatic carbocycles. The highest BCUT2D eigenvalue weighted by atomic mass is 16.5. The predicted octanol–water partition coefficient (Wildman–Crippen LogP) is 2.97. The molecule has 4 rings (SSSR count). The number of benzene rings is 1. The number of methoxy groups -OCH3 is 1. The molecular formula is C22H24N2O4. The first kappa shape index (κ1) is 18.5. The van der Waals surface area contributed by atoms with E-state index in [1.807, 2.05) is 38.4 Å². The van der Waals surface area contributed by atoms with Crippen LogP contribution in [-0.4, -0.2) is 40.4 Å². The third-order valence-corrected chi connectivity index (χ3v) is 5.87. The van der Waals surface area contributed by atoms with Crippen molar-refractivity contribution in [3.63, 3.8) is 0 Å². The van der Waals surface area contributed by atoms with Crippen molar-refractivity contribution in [1.29, 1.82) is 0 Å². The van der Waals surface area contributed by atoms with E-state index in [0.29, 0.717) is 12.0 Å². The maximum Gasteiger partial charge on any atom is 0.337 e. The molecule has 3 heterocycles. The van der Waals surface area contributed by atoms with Gasteiger partial charge in [-0.15, -0.1) is 0 Å². The van der Waals surface area contributed by atoms with Crippen molar-refractivity contribution in [2.75, 3.05) is 13.7 Å². The number of aliphatic hydroxyl groups is 1. The average Bonchev–Trinajstić information content (AvgIpc) is 3.01. The van der Waals surface area contributed by atoms with Gasteiger partial charge in [0.25, 0.3) is 0 Å². The van der Waals surface area contributed by atoms with E-state index in [9.17, 15) is 9.90 Å². The summed E-state index contributed by atoms with van der Waals surface area (Å²) in [4.78, 5) is 17.0. The molecule has 2 aromatic heterocycles. The number of hydrogen-bond donors (Lipinski definition) is 1. The quantitative estimate of drug-likeness (QED) is 0.705. The van der Waals surface area contributed by atoms with Gasteiger partial charge in [-0.3, -0.25) is 4.98 Å². The largest absolute Gasteiger partial charge is 0.497 e. The first-order valence-corrected chi connectivity index (χ1v) is 9.42. The van der Waals surface area contributed by atoms with Crippen LogP contribution in [0.4, 0.5) is 0 Å². The van der Waals surface area contributed by atoms with Gasteiger partial charge in [0.2, 0.25) is 0 Å². The molecule has 1 aromatic carbocycles. The van der Waals surface area contributed by atoms with E-state index in [1.54, 1.807) is 0 Å². The number of fused-ring (bicyclic) bond motifs is 3. The van der Waals surface area contributed by atoms with E-state index >= 15 is 0 Å². The molecule has 0 fully saturated rings. The number of aromatic nitrogens is 2. The second-order valence-corrected chi connectivity index (χ2v) is 7.29. The summed E-state index contributed by atoms with van der Waals surface area (Å²) in [5.74, 6) is -0.886. The van der Waals surface area contributed by atoms with Crippen LogP contribution in [0, 0.1) is 11.8 Å². The fraction of sp³-hybridized carbons (Fsp3) is 0.364. The van der Waals surface area contributed by atoms with Crippen molar-refractivity contribution in [2.45, 2.75) is 19.4 Å². The number of hydrogen-bond acceptors (Lipinski definition) is 5. The Hall–Kier alpha value is -2.86. The Morgan fingerprint density at radius 3 is 2.82 bits per heavy atom. The lowest BCUT2D eigenvalue weighted by atomic mass is 9.78. The summed E-state index contributed by atoms with van der Waals surface area (Å²) in [7, 11) is 3.39. The summed E-state index contributed by atoms with van der Waals surface area (Å²) < 4.78 is 12.7. The number of para-hydroxylation sites is 1. The zero-order valence-electron chi connectivity index (χ0n) is 16.3. The minimum Gasteiger partial charge on any atom is -0.497 e. The fourth-order valence-corrected chi connectivity index (χ4v) is 4.34. The van der Waals surface area contributed by atoms with Gasteiger partial charge in [-0.25, -0.2) is 4.79 Å². The van der Waals surface area contributed by atoms with Gasteiger partial charge in [0.05, 0.1) is 36.8 Å². The molecular weight excluding hydrogens is 356 g/mol. The van der Waals surface area contributed by atoms with E-state index < -0.39 is 5.97 Å². The normalized spacial score (nSPS) is 22.1. The van der Waals surface area contributed by atoms with Gasteiger partial charge in [0, 0.05) is 41.4 Å². The van der Waals surface area contributed by atoms with Crippen LogP contribution in [-0.2, 0) is 27.7 Å². The van der Waals surface area contributed by atoms with E-state index in [-0.39, 0.29) is 24.5 Å². The van der Waals surface area contributed by atoms with Crippen molar-refractivity contribution in [3.05, 3.63) is 54.1 Å². The molecule has 3 unspecified atom stereocenters. The monoisotopic (exact) mass is 380 g/mol. The van der Waals surface area contributed by atoms with Crippen LogP contribution in [0.5, 0.6) is 0 Å². The number of ether oxygens (including phenoxy) is 2. The van der Waals surface area contributed by atoms with Gasteiger partial charge in [-0.05, 0) is 25.5 Å². The van der Waals surface area contributed by atoms with Crippen molar-refractivity contribution in [3.8, 4) is 0 Å². The summed E-state index contributed by atoms with van der Waals surface area (Å²) in [6.45, 7) is 1.83. The highest BCUT2D eigenvalue weighted by Crippen LogP contribution is 2.36. The summed E-state index contributed by atoms with van der Waals surface area (Å²) in [5, 5.41) is 12.3. The zero-order valence-corrected chi connectivity index (χ0v) is 16.3. The number of rotatable bonds is 4. The van der Waals surface area contributed by atoms with Crippen molar-refractivity contribution < 1.29 is 19.4 Å². The van der Waals surface area contributed by atoms with Crippen LogP contribution >= 0.6 is 0 Å². The number of nitrogens with zero attached hydrogens (tertiary/aromatic N) is 2. The Bertz CT molecular complexity index is 1070. The first-order chi connectivity index (χ1) is 13.6. The molecule has 0 spiro atoms. The molecule has 3 aromatic rings. The summed E-state index contributed by atoms with van der Waals surface area (Å²) in [5.41, 5.74) is 3.51. The van der Waals surface area contributed by atoms with Crippen LogP contribution < -0.4 is 0 Å². The van der Waals surface area contributed by atoms with Gasteiger partial charge in [-0.2, -0.15) is 0 Å². The van der Waals surface area contributed by atoms with E-state index in [2.05, 4.69) is 21.7 Å². The average molecular weight is 380 g/mol. The Balaban J connectivity index is 1.84. The Labute approximate surface area is 163 Å². The fourth-order valence-electron chi connectivity index (χ4n) is 4.34. The van der Waals surface area contributed by atoms with Gasteiger partial charge in [0.15, 0.2) is 0 Å². The Morgan fingerprint density at radius 1 is 1.29 bits per heavy atom. The second kappa shape index (κ2) is 7.28. The number of carbonyl (C=O) groups excluding carboxylic acids is 1. The lowest BCUT2D eigenvalue weighted by Crippen LogP contribution is -2.38. The molecule has 6 nitrogen and oxygen atoms in total. The van der Waals surface area contributed by atoms with Crippen LogP contribution in [0.2, 0.25) is 0 Å². The van der Waals surface area contributed by atoms with Crippen LogP contribution in [0.1, 0.15) is 12.6 Å². The molecule has 146 valence electrons. The van der Waals surface area contributed by atoms with Gasteiger partial charge >= 0.3 is 5.97 Å². The number of aryl methyl sites for hydroxylation is 1. The predicted molar refractivity (Wildman–Crippen MR) is 107 cm³/mol. The number of carbonyl (C=O) groups is 1. The molecule has 0 saturated carbocycles. The first-order valence-electron chi connectivity index (χ1n) is 9.42. The Morgan fingerprint density at radius 2 is 2.07 bits per heavy atom. The van der Waals surface area contributed by atoms with E-state index in [1.165, 1.54) is 18.8 Å². The molecule has 28 heavy (non-hydrogen) atoms. The lowest BCUT2D eigenvalue weighted by Gasteiger charge is -2.34. The third kappa shape index (κ3) is 2.85. The van der Waals surface area contributed by atoms with Crippen molar-refractivity contribution >= 4 is 27.8 Å².